The lowest BCUT2D eigenvalue weighted by atomic mass is 10.0. The van der Waals surface area contributed by atoms with Gasteiger partial charge in [-0.15, -0.1) is 0 Å². The zero-order valence-corrected chi connectivity index (χ0v) is 16.4. The van der Waals surface area contributed by atoms with Gasteiger partial charge in [0.05, 0.1) is 18.9 Å². The second kappa shape index (κ2) is 12.0. The van der Waals surface area contributed by atoms with E-state index in [0.717, 1.165) is 35.5 Å². The molecule has 1 aromatic rings. The first-order valence-electron chi connectivity index (χ1n) is 8.19. The van der Waals surface area contributed by atoms with Crippen LogP contribution in [0.15, 0.2) is 27.9 Å². The van der Waals surface area contributed by atoms with E-state index in [9.17, 15) is 0 Å². The molecule has 0 atom stereocenters. The average Bonchev–Trinajstić information content (AvgIpc) is 2.60. The van der Waals surface area contributed by atoms with E-state index in [-0.39, 0.29) is 11.1 Å². The third kappa shape index (κ3) is 7.99. The fourth-order valence-corrected chi connectivity index (χ4v) is 2.29. The molecule has 0 unspecified atom stereocenters. The summed E-state index contributed by atoms with van der Waals surface area (Å²) < 4.78 is 17.2. The summed E-state index contributed by atoms with van der Waals surface area (Å²) in [5.74, 6) is 1.64. The molecule has 0 bridgehead atoms. The van der Waals surface area contributed by atoms with Gasteiger partial charge in [-0.3, -0.25) is 0 Å². The van der Waals surface area contributed by atoms with Crippen LogP contribution in [0.3, 0.4) is 0 Å². The van der Waals surface area contributed by atoms with Gasteiger partial charge in [-0.25, -0.2) is 0 Å². The molecule has 0 amide bonds. The Morgan fingerprint density at radius 1 is 1.12 bits per heavy atom. The fraction of sp³-hybridized carbons (Fsp3) is 0.500. The molecule has 0 aliphatic carbocycles. The van der Waals surface area contributed by atoms with E-state index >= 15 is 0 Å². The number of oxime groups is 1. The number of nitrogens with zero attached hydrogens (tertiary/aromatic N) is 1. The number of aryl methyl sites for hydroxylation is 2. The third-order valence-corrected chi connectivity index (χ3v) is 3.73. The van der Waals surface area contributed by atoms with Crippen LogP contribution < -0.4 is 9.47 Å². The van der Waals surface area contributed by atoms with Crippen LogP contribution in [-0.2, 0) is 17.6 Å². The van der Waals surface area contributed by atoms with Gasteiger partial charge >= 0.3 is 0 Å². The molecule has 0 aliphatic heterocycles. The first kappa shape index (κ1) is 21.6. The molecule has 140 valence electrons. The van der Waals surface area contributed by atoms with Gasteiger partial charge in [0.1, 0.15) is 29.2 Å². The Kier molecular flexibility index (Phi) is 10.4. The van der Waals surface area contributed by atoms with Crippen LogP contribution in [0.25, 0.3) is 0 Å². The predicted octanol–water partition coefficient (Wildman–Crippen LogP) is 4.75. The summed E-state index contributed by atoms with van der Waals surface area (Å²) >= 11 is 11.2. The summed E-state index contributed by atoms with van der Waals surface area (Å²) in [6.45, 7) is 7.26. The van der Waals surface area contributed by atoms with E-state index in [0.29, 0.717) is 25.5 Å². The lowest BCUT2D eigenvalue weighted by molar-refractivity contribution is 0.125. The van der Waals surface area contributed by atoms with Crippen LogP contribution in [0.1, 0.15) is 31.9 Å². The summed E-state index contributed by atoms with van der Waals surface area (Å²) in [4.78, 5) is 0. The summed E-state index contributed by atoms with van der Waals surface area (Å²) in [5.41, 5.74) is 2.67. The van der Waals surface area contributed by atoms with Gasteiger partial charge in [-0.05, 0) is 49.1 Å². The van der Waals surface area contributed by atoms with Crippen molar-refractivity contribution >= 4 is 28.9 Å². The molecular formula is C18H25Cl2NO4. The Bertz CT molecular complexity index is 574. The Labute approximate surface area is 159 Å². The second-order valence-corrected chi connectivity index (χ2v) is 6.33. The highest BCUT2D eigenvalue weighted by atomic mass is 35.5. The topological polar surface area (TPSA) is 60.3 Å². The van der Waals surface area contributed by atoms with E-state index in [1.165, 1.54) is 0 Å². The number of hydrogen-bond acceptors (Lipinski definition) is 5. The van der Waals surface area contributed by atoms with Crippen molar-refractivity contribution in [1.29, 1.82) is 0 Å². The van der Waals surface area contributed by atoms with Gasteiger partial charge in [-0.2, -0.15) is 0 Å². The van der Waals surface area contributed by atoms with Crippen LogP contribution in [0.5, 0.6) is 11.5 Å². The van der Waals surface area contributed by atoms with Crippen molar-refractivity contribution in [1.82, 2.24) is 0 Å². The molecular weight excluding hydrogens is 365 g/mol. The standard InChI is InChI=1S/C18H25Cl2NO4/c1-4-14-10-16(24-7-6-17(19)20)11-15(5-2)18(14)25-9-8-23-12-13(3)21-22/h6,10-11,22H,4-5,7-9,12H2,1-3H3. The van der Waals surface area contributed by atoms with Crippen molar-refractivity contribution < 1.29 is 19.4 Å². The van der Waals surface area contributed by atoms with Crippen molar-refractivity contribution in [3.8, 4) is 11.5 Å². The summed E-state index contributed by atoms with van der Waals surface area (Å²) in [6.07, 6.45) is 3.24. The molecule has 1 aromatic carbocycles. The van der Waals surface area contributed by atoms with E-state index in [1.54, 1.807) is 13.0 Å². The SMILES string of the molecule is CCc1cc(OCC=C(Cl)Cl)cc(CC)c1OCCOCC(C)=NO. The predicted molar refractivity (Wildman–Crippen MR) is 102 cm³/mol. The van der Waals surface area contributed by atoms with Crippen molar-refractivity contribution in [2.24, 2.45) is 5.16 Å². The third-order valence-electron chi connectivity index (χ3n) is 3.42. The van der Waals surface area contributed by atoms with Gasteiger partial charge in [0.2, 0.25) is 0 Å². The van der Waals surface area contributed by atoms with Gasteiger partial charge in [0, 0.05) is 0 Å². The van der Waals surface area contributed by atoms with Crippen LogP contribution in [0.2, 0.25) is 0 Å². The molecule has 0 spiro atoms. The minimum Gasteiger partial charge on any atom is -0.491 e. The number of ether oxygens (including phenoxy) is 3. The summed E-state index contributed by atoms with van der Waals surface area (Å²) in [6, 6.07) is 3.93. The molecule has 0 saturated heterocycles. The smallest absolute Gasteiger partial charge is 0.126 e. The lowest BCUT2D eigenvalue weighted by Crippen LogP contribution is -2.13. The van der Waals surface area contributed by atoms with E-state index in [2.05, 4.69) is 19.0 Å². The largest absolute Gasteiger partial charge is 0.491 e. The molecule has 0 aromatic heterocycles. The molecule has 0 heterocycles. The molecule has 5 nitrogen and oxygen atoms in total. The van der Waals surface area contributed by atoms with Crippen molar-refractivity contribution in [2.45, 2.75) is 33.6 Å². The average molecular weight is 390 g/mol. The van der Waals surface area contributed by atoms with E-state index in [1.807, 2.05) is 12.1 Å². The van der Waals surface area contributed by atoms with Gasteiger partial charge in [0.25, 0.3) is 0 Å². The van der Waals surface area contributed by atoms with Crippen LogP contribution >= 0.6 is 23.2 Å². The highest BCUT2D eigenvalue weighted by Crippen LogP contribution is 2.31. The highest BCUT2D eigenvalue weighted by molar-refractivity contribution is 6.55. The maximum absolute atomic E-state index is 8.57. The molecule has 1 rings (SSSR count). The molecule has 0 radical (unpaired) electrons. The monoisotopic (exact) mass is 389 g/mol. The van der Waals surface area contributed by atoms with E-state index in [4.69, 9.17) is 42.6 Å². The fourth-order valence-electron chi connectivity index (χ4n) is 2.17. The highest BCUT2D eigenvalue weighted by Gasteiger charge is 2.11. The number of benzene rings is 1. The zero-order valence-electron chi connectivity index (χ0n) is 14.8. The molecule has 25 heavy (non-hydrogen) atoms. The van der Waals surface area contributed by atoms with Gasteiger partial charge < -0.3 is 19.4 Å². The number of hydrogen-bond donors (Lipinski definition) is 1. The van der Waals surface area contributed by atoms with Crippen LogP contribution in [0, 0.1) is 0 Å². The van der Waals surface area contributed by atoms with Crippen LogP contribution in [-0.4, -0.2) is 37.3 Å². The van der Waals surface area contributed by atoms with E-state index < -0.39 is 0 Å². The normalized spacial score (nSPS) is 11.3. The Morgan fingerprint density at radius 3 is 2.28 bits per heavy atom. The molecule has 1 N–H and O–H groups in total. The second-order valence-electron chi connectivity index (χ2n) is 5.32. The van der Waals surface area contributed by atoms with Gasteiger partial charge in [0.15, 0.2) is 0 Å². The first-order chi connectivity index (χ1) is 12.0. The van der Waals surface area contributed by atoms with Crippen molar-refractivity contribution in [2.75, 3.05) is 26.4 Å². The summed E-state index contributed by atoms with van der Waals surface area (Å²) in [7, 11) is 0. The summed E-state index contributed by atoms with van der Waals surface area (Å²) in [5, 5.41) is 11.6. The van der Waals surface area contributed by atoms with Gasteiger partial charge in [-0.1, -0.05) is 42.2 Å². The van der Waals surface area contributed by atoms with Crippen LogP contribution in [0.4, 0.5) is 0 Å². The van der Waals surface area contributed by atoms with Crippen molar-refractivity contribution in [3.63, 3.8) is 0 Å². The zero-order chi connectivity index (χ0) is 18.7. The Balaban J connectivity index is 2.72. The maximum atomic E-state index is 8.57. The molecule has 0 saturated carbocycles. The molecule has 7 heteroatoms. The quantitative estimate of drug-likeness (QED) is 0.256. The lowest BCUT2D eigenvalue weighted by Gasteiger charge is -2.17. The Hall–Kier alpha value is -1.43. The minimum absolute atomic E-state index is 0.188. The number of rotatable bonds is 11. The maximum Gasteiger partial charge on any atom is 0.126 e. The Morgan fingerprint density at radius 2 is 1.76 bits per heavy atom. The molecule has 0 fully saturated rings. The van der Waals surface area contributed by atoms with Crippen molar-refractivity contribution in [3.05, 3.63) is 33.8 Å². The number of halogens is 2. The first-order valence-corrected chi connectivity index (χ1v) is 8.95. The minimum atomic E-state index is 0.188. The molecule has 0 aliphatic rings.